The van der Waals surface area contributed by atoms with Crippen molar-refractivity contribution in [2.75, 3.05) is 27.3 Å². The van der Waals surface area contributed by atoms with Crippen LogP contribution in [0.25, 0.3) is 0 Å². The lowest BCUT2D eigenvalue weighted by Crippen LogP contribution is -2.21. The van der Waals surface area contributed by atoms with Gasteiger partial charge >= 0.3 is 0 Å². The van der Waals surface area contributed by atoms with Gasteiger partial charge < -0.3 is 10.1 Å². The van der Waals surface area contributed by atoms with Crippen LogP contribution < -0.4 is 5.32 Å². The normalized spacial score (nSPS) is 12.8. The van der Waals surface area contributed by atoms with Gasteiger partial charge in [-0.1, -0.05) is 29.3 Å². The average molecular weight is 248 g/mol. The van der Waals surface area contributed by atoms with Crippen molar-refractivity contribution in [1.29, 1.82) is 0 Å². The number of halogens is 2. The molecule has 1 N–H and O–H groups in total. The number of benzene rings is 1. The Balaban J connectivity index is 2.89. The van der Waals surface area contributed by atoms with Gasteiger partial charge in [-0.05, 0) is 24.7 Å². The molecule has 1 unspecified atom stereocenters. The minimum absolute atomic E-state index is 0.254. The highest BCUT2D eigenvalue weighted by molar-refractivity contribution is 6.35. The number of nitrogens with one attached hydrogen (secondary N) is 1. The molecule has 1 aromatic carbocycles. The van der Waals surface area contributed by atoms with Crippen LogP contribution in [0.15, 0.2) is 18.2 Å². The van der Waals surface area contributed by atoms with Crippen molar-refractivity contribution in [2.24, 2.45) is 0 Å². The largest absolute Gasteiger partial charge is 0.384 e. The monoisotopic (exact) mass is 247 g/mol. The van der Waals surface area contributed by atoms with E-state index in [0.29, 0.717) is 16.7 Å². The van der Waals surface area contributed by atoms with Gasteiger partial charge in [0, 0.05) is 29.6 Å². The molecule has 0 aliphatic heterocycles. The van der Waals surface area contributed by atoms with Gasteiger partial charge in [0.2, 0.25) is 0 Å². The second-order valence-corrected chi connectivity index (χ2v) is 4.22. The quantitative estimate of drug-likeness (QED) is 0.864. The van der Waals surface area contributed by atoms with Crippen LogP contribution in [0.4, 0.5) is 0 Å². The summed E-state index contributed by atoms with van der Waals surface area (Å²) >= 11 is 12.0. The highest BCUT2D eigenvalue weighted by Crippen LogP contribution is 2.27. The number of likely N-dealkylation sites (N-methyl/N-ethyl adjacent to an activating group) is 1. The number of ether oxygens (including phenoxy) is 1. The first kappa shape index (κ1) is 12.8. The second-order valence-electron chi connectivity index (χ2n) is 3.38. The summed E-state index contributed by atoms with van der Waals surface area (Å²) in [6.07, 6.45) is 0. The zero-order chi connectivity index (χ0) is 11.3. The van der Waals surface area contributed by atoms with E-state index in [4.69, 9.17) is 27.9 Å². The predicted molar refractivity (Wildman–Crippen MR) is 65.0 cm³/mol. The second kappa shape index (κ2) is 6.33. The summed E-state index contributed by atoms with van der Waals surface area (Å²) in [7, 11) is 3.60. The molecule has 0 saturated heterocycles. The van der Waals surface area contributed by atoms with E-state index in [0.717, 1.165) is 12.1 Å². The molecule has 0 aliphatic rings. The first-order valence-corrected chi connectivity index (χ1v) is 5.53. The molecule has 0 amide bonds. The molecule has 4 heteroatoms. The van der Waals surface area contributed by atoms with Gasteiger partial charge in [-0.25, -0.2) is 0 Å². The lowest BCUT2D eigenvalue weighted by molar-refractivity contribution is 0.178. The number of hydrogen-bond acceptors (Lipinski definition) is 2. The maximum atomic E-state index is 6.13. The van der Waals surface area contributed by atoms with Crippen LogP contribution in [0.2, 0.25) is 10.0 Å². The molecule has 0 fully saturated rings. The predicted octanol–water partition coefficient (Wildman–Crippen LogP) is 2.94. The van der Waals surface area contributed by atoms with E-state index in [1.54, 1.807) is 13.2 Å². The van der Waals surface area contributed by atoms with Crippen LogP contribution in [-0.2, 0) is 4.74 Å². The molecule has 0 radical (unpaired) electrons. The minimum Gasteiger partial charge on any atom is -0.384 e. The van der Waals surface area contributed by atoms with Gasteiger partial charge in [-0.15, -0.1) is 0 Å². The SMILES string of the molecule is CNCC(COC)c1ccc(Cl)cc1Cl. The fourth-order valence-corrected chi connectivity index (χ4v) is 2.10. The topological polar surface area (TPSA) is 21.3 Å². The van der Waals surface area contributed by atoms with E-state index in [-0.39, 0.29) is 5.92 Å². The molecule has 0 spiro atoms. The molecule has 1 rings (SSSR count). The number of hydrogen-bond donors (Lipinski definition) is 1. The van der Waals surface area contributed by atoms with Crippen LogP contribution in [0.1, 0.15) is 11.5 Å². The van der Waals surface area contributed by atoms with Gasteiger partial charge in [-0.2, -0.15) is 0 Å². The fraction of sp³-hybridized carbons (Fsp3) is 0.455. The van der Waals surface area contributed by atoms with Crippen molar-refractivity contribution in [3.8, 4) is 0 Å². The standard InChI is InChI=1S/C11H15Cl2NO/c1-14-6-8(7-15-2)10-4-3-9(12)5-11(10)13/h3-5,8,14H,6-7H2,1-2H3. The lowest BCUT2D eigenvalue weighted by atomic mass is 10.00. The average Bonchev–Trinajstić information content (AvgIpc) is 2.17. The molecular formula is C11H15Cl2NO. The van der Waals surface area contributed by atoms with Crippen LogP contribution in [0.3, 0.4) is 0 Å². The van der Waals surface area contributed by atoms with Crippen molar-refractivity contribution in [2.45, 2.75) is 5.92 Å². The van der Waals surface area contributed by atoms with Crippen LogP contribution in [-0.4, -0.2) is 27.3 Å². The Labute approximate surface area is 101 Å². The Bertz CT molecular complexity index is 311. The molecule has 0 bridgehead atoms. The summed E-state index contributed by atoms with van der Waals surface area (Å²) in [6.45, 7) is 1.47. The van der Waals surface area contributed by atoms with Gasteiger partial charge in [0.15, 0.2) is 0 Å². The molecule has 0 heterocycles. The van der Waals surface area contributed by atoms with Crippen molar-refractivity contribution in [3.63, 3.8) is 0 Å². The smallest absolute Gasteiger partial charge is 0.0543 e. The molecule has 2 nitrogen and oxygen atoms in total. The van der Waals surface area contributed by atoms with Gasteiger partial charge in [0.05, 0.1) is 6.61 Å². The highest BCUT2D eigenvalue weighted by atomic mass is 35.5. The van der Waals surface area contributed by atoms with Crippen molar-refractivity contribution < 1.29 is 4.74 Å². The fourth-order valence-electron chi connectivity index (χ4n) is 1.54. The molecule has 0 aliphatic carbocycles. The third-order valence-electron chi connectivity index (χ3n) is 2.22. The van der Waals surface area contributed by atoms with E-state index in [9.17, 15) is 0 Å². The van der Waals surface area contributed by atoms with Gasteiger partial charge in [-0.3, -0.25) is 0 Å². The third-order valence-corrected chi connectivity index (χ3v) is 2.78. The van der Waals surface area contributed by atoms with Crippen molar-refractivity contribution in [3.05, 3.63) is 33.8 Å². The molecule has 1 atom stereocenters. The lowest BCUT2D eigenvalue weighted by Gasteiger charge is -2.17. The third kappa shape index (κ3) is 3.65. The summed E-state index contributed by atoms with van der Waals surface area (Å²) in [5.41, 5.74) is 1.07. The van der Waals surface area contributed by atoms with Crippen molar-refractivity contribution >= 4 is 23.2 Å². The van der Waals surface area contributed by atoms with E-state index < -0.39 is 0 Å². The molecule has 0 saturated carbocycles. The van der Waals surface area contributed by atoms with E-state index in [1.165, 1.54) is 0 Å². The zero-order valence-corrected chi connectivity index (χ0v) is 10.4. The first-order valence-electron chi connectivity index (χ1n) is 4.77. The van der Waals surface area contributed by atoms with Gasteiger partial charge in [0.25, 0.3) is 0 Å². The molecule has 84 valence electrons. The summed E-state index contributed by atoms with van der Waals surface area (Å²) < 4.78 is 5.16. The Morgan fingerprint density at radius 2 is 2.13 bits per heavy atom. The minimum atomic E-state index is 0.254. The van der Waals surface area contributed by atoms with E-state index in [1.807, 2.05) is 19.2 Å². The van der Waals surface area contributed by atoms with Crippen molar-refractivity contribution in [1.82, 2.24) is 5.32 Å². The zero-order valence-electron chi connectivity index (χ0n) is 8.89. The molecular weight excluding hydrogens is 233 g/mol. The van der Waals surface area contributed by atoms with Gasteiger partial charge in [0.1, 0.15) is 0 Å². The summed E-state index contributed by atoms with van der Waals surface area (Å²) in [5.74, 6) is 0.254. The highest BCUT2D eigenvalue weighted by Gasteiger charge is 2.13. The first-order chi connectivity index (χ1) is 7.19. The van der Waals surface area contributed by atoms with E-state index in [2.05, 4.69) is 5.32 Å². The molecule has 15 heavy (non-hydrogen) atoms. The maximum absolute atomic E-state index is 6.13. The van der Waals surface area contributed by atoms with Crippen LogP contribution >= 0.6 is 23.2 Å². The summed E-state index contributed by atoms with van der Waals surface area (Å²) in [6, 6.07) is 5.56. The molecule has 1 aromatic rings. The number of methoxy groups -OCH3 is 1. The summed E-state index contributed by atoms with van der Waals surface area (Å²) in [5, 5.41) is 4.47. The Hall–Kier alpha value is -0.280. The molecule has 0 aromatic heterocycles. The van der Waals surface area contributed by atoms with E-state index >= 15 is 0 Å². The Kier molecular flexibility index (Phi) is 5.40. The number of rotatable bonds is 5. The van der Waals surface area contributed by atoms with Crippen LogP contribution in [0.5, 0.6) is 0 Å². The Morgan fingerprint density at radius 3 is 2.67 bits per heavy atom. The maximum Gasteiger partial charge on any atom is 0.0543 e. The Morgan fingerprint density at radius 1 is 1.40 bits per heavy atom. The summed E-state index contributed by atoms with van der Waals surface area (Å²) in [4.78, 5) is 0. The van der Waals surface area contributed by atoms with Crippen LogP contribution in [0, 0.1) is 0 Å².